The molecule has 1 aliphatic rings. The molecule has 1 saturated heterocycles. The molecule has 0 aliphatic carbocycles. The number of carbonyl (C=O) groups is 1. The average Bonchev–Trinajstić information content (AvgIpc) is 3.24. The molecule has 0 aromatic carbocycles. The number of carbonyl (C=O) groups excluding carboxylic acids is 1. The lowest BCUT2D eigenvalue weighted by molar-refractivity contribution is 0.0953. The summed E-state index contributed by atoms with van der Waals surface area (Å²) in [5.74, 6) is 0.987. The van der Waals surface area contributed by atoms with Crippen LogP contribution in [0.3, 0.4) is 0 Å². The molecule has 1 amide bonds. The summed E-state index contributed by atoms with van der Waals surface area (Å²) in [4.78, 5) is 27.6. The molecule has 116 valence electrons. The van der Waals surface area contributed by atoms with Gasteiger partial charge >= 0.3 is 6.01 Å². The molecular formula is C14H17N5O2S. The Bertz CT molecular complexity index is 641. The highest BCUT2D eigenvalue weighted by molar-refractivity contribution is 7.12. The van der Waals surface area contributed by atoms with Gasteiger partial charge < -0.3 is 15.0 Å². The first kappa shape index (κ1) is 14.7. The molecule has 0 bridgehead atoms. The smallest absolute Gasteiger partial charge is 0.321 e. The van der Waals surface area contributed by atoms with E-state index < -0.39 is 0 Å². The highest BCUT2D eigenvalue weighted by atomic mass is 32.1. The minimum Gasteiger partial charge on any atom is -0.467 e. The number of hydrogen-bond acceptors (Lipinski definition) is 7. The topological polar surface area (TPSA) is 80.2 Å². The number of anilines is 1. The number of aromatic nitrogens is 3. The van der Waals surface area contributed by atoms with Crippen LogP contribution in [0.2, 0.25) is 0 Å². The van der Waals surface area contributed by atoms with Gasteiger partial charge in [0.25, 0.3) is 5.91 Å². The maximum absolute atomic E-state index is 12.0. The molecule has 1 aliphatic heterocycles. The third-order valence-corrected chi connectivity index (χ3v) is 4.24. The fourth-order valence-corrected chi connectivity index (χ4v) is 2.91. The van der Waals surface area contributed by atoms with Crippen LogP contribution in [-0.4, -0.2) is 41.1 Å². The number of nitrogens with zero attached hydrogens (tertiary/aromatic N) is 4. The van der Waals surface area contributed by atoms with Crippen LogP contribution in [0.5, 0.6) is 6.01 Å². The van der Waals surface area contributed by atoms with E-state index >= 15 is 0 Å². The molecule has 0 atom stereocenters. The van der Waals surface area contributed by atoms with E-state index in [1.54, 1.807) is 6.07 Å². The van der Waals surface area contributed by atoms with E-state index in [1.807, 2.05) is 11.4 Å². The third kappa shape index (κ3) is 3.33. The van der Waals surface area contributed by atoms with Crippen molar-refractivity contribution < 1.29 is 9.53 Å². The van der Waals surface area contributed by atoms with Crippen molar-refractivity contribution >= 4 is 23.2 Å². The summed E-state index contributed by atoms with van der Waals surface area (Å²) < 4.78 is 5.13. The lowest BCUT2D eigenvalue weighted by Crippen LogP contribution is -2.25. The molecule has 3 heterocycles. The van der Waals surface area contributed by atoms with Crippen LogP contribution >= 0.6 is 11.3 Å². The summed E-state index contributed by atoms with van der Waals surface area (Å²) >= 11 is 1.40. The normalized spacial score (nSPS) is 14.1. The first-order valence-corrected chi connectivity index (χ1v) is 8.00. The Morgan fingerprint density at radius 1 is 1.36 bits per heavy atom. The Hall–Kier alpha value is -2.22. The number of thiophene rings is 1. The van der Waals surface area contributed by atoms with Gasteiger partial charge in [-0.3, -0.25) is 4.79 Å². The zero-order valence-electron chi connectivity index (χ0n) is 12.3. The second kappa shape index (κ2) is 6.69. The Labute approximate surface area is 132 Å². The van der Waals surface area contributed by atoms with Crippen molar-refractivity contribution in [2.45, 2.75) is 19.4 Å². The molecule has 3 rings (SSSR count). The lowest BCUT2D eigenvalue weighted by atomic mass is 10.4. The maximum Gasteiger partial charge on any atom is 0.321 e. The van der Waals surface area contributed by atoms with Crippen molar-refractivity contribution in [1.29, 1.82) is 0 Å². The fraction of sp³-hybridized carbons (Fsp3) is 0.429. The molecular weight excluding hydrogens is 302 g/mol. The van der Waals surface area contributed by atoms with E-state index in [2.05, 4.69) is 25.2 Å². The number of ether oxygens (including phenoxy) is 1. The minimum atomic E-state index is -0.128. The maximum atomic E-state index is 12.0. The number of methoxy groups -OCH3 is 1. The quantitative estimate of drug-likeness (QED) is 0.899. The van der Waals surface area contributed by atoms with Crippen LogP contribution in [-0.2, 0) is 6.54 Å². The molecule has 1 fully saturated rings. The van der Waals surface area contributed by atoms with Gasteiger partial charge in [0.1, 0.15) is 0 Å². The van der Waals surface area contributed by atoms with Crippen molar-refractivity contribution in [2.24, 2.45) is 0 Å². The van der Waals surface area contributed by atoms with Crippen LogP contribution in [0.25, 0.3) is 0 Å². The predicted molar refractivity (Wildman–Crippen MR) is 83.3 cm³/mol. The molecule has 7 nitrogen and oxygen atoms in total. The van der Waals surface area contributed by atoms with Crippen molar-refractivity contribution in [1.82, 2.24) is 20.3 Å². The molecule has 2 aromatic rings. The molecule has 0 unspecified atom stereocenters. The average molecular weight is 319 g/mol. The molecule has 0 saturated carbocycles. The first-order valence-electron chi connectivity index (χ1n) is 7.12. The van der Waals surface area contributed by atoms with Gasteiger partial charge in [0.2, 0.25) is 5.95 Å². The van der Waals surface area contributed by atoms with Gasteiger partial charge in [-0.25, -0.2) is 0 Å². The Morgan fingerprint density at radius 3 is 2.86 bits per heavy atom. The Morgan fingerprint density at radius 2 is 2.18 bits per heavy atom. The van der Waals surface area contributed by atoms with Crippen LogP contribution in [0.15, 0.2) is 17.5 Å². The highest BCUT2D eigenvalue weighted by Crippen LogP contribution is 2.17. The zero-order chi connectivity index (χ0) is 15.4. The number of rotatable bonds is 5. The molecule has 0 spiro atoms. The summed E-state index contributed by atoms with van der Waals surface area (Å²) in [7, 11) is 1.52. The second-order valence-electron chi connectivity index (χ2n) is 4.89. The van der Waals surface area contributed by atoms with Crippen molar-refractivity contribution in [2.75, 3.05) is 25.1 Å². The largest absolute Gasteiger partial charge is 0.467 e. The van der Waals surface area contributed by atoms with Crippen LogP contribution in [0.4, 0.5) is 5.95 Å². The monoisotopic (exact) mass is 319 g/mol. The zero-order valence-corrected chi connectivity index (χ0v) is 13.1. The van der Waals surface area contributed by atoms with E-state index in [0.29, 0.717) is 16.6 Å². The van der Waals surface area contributed by atoms with Crippen LogP contribution < -0.4 is 15.0 Å². The molecule has 8 heteroatoms. The summed E-state index contributed by atoms with van der Waals surface area (Å²) in [6.07, 6.45) is 2.27. The van der Waals surface area contributed by atoms with Gasteiger partial charge in [0.05, 0.1) is 18.5 Å². The standard InChI is InChI=1S/C14H17N5O2S/c1-21-14-17-11(9-15-12(20)10-5-4-8-22-10)16-13(18-14)19-6-2-3-7-19/h4-5,8H,2-3,6-7,9H2,1H3,(H,15,20). The van der Waals surface area contributed by atoms with Crippen LogP contribution in [0.1, 0.15) is 28.3 Å². The van der Waals surface area contributed by atoms with E-state index in [-0.39, 0.29) is 18.5 Å². The number of hydrogen-bond donors (Lipinski definition) is 1. The van der Waals surface area contributed by atoms with Gasteiger partial charge in [-0.1, -0.05) is 6.07 Å². The molecule has 1 N–H and O–H groups in total. The second-order valence-corrected chi connectivity index (χ2v) is 5.84. The van der Waals surface area contributed by atoms with Gasteiger partial charge in [-0.2, -0.15) is 15.0 Å². The Kier molecular flexibility index (Phi) is 4.47. The summed E-state index contributed by atoms with van der Waals surface area (Å²) in [5, 5.41) is 4.68. The first-order chi connectivity index (χ1) is 10.8. The van der Waals surface area contributed by atoms with E-state index in [1.165, 1.54) is 18.4 Å². The van der Waals surface area contributed by atoms with Crippen molar-refractivity contribution in [3.05, 3.63) is 28.2 Å². The predicted octanol–water partition coefficient (Wildman–Crippen LogP) is 1.47. The van der Waals surface area contributed by atoms with Gasteiger partial charge in [-0.05, 0) is 24.3 Å². The molecule has 0 radical (unpaired) electrons. The third-order valence-electron chi connectivity index (χ3n) is 3.37. The lowest BCUT2D eigenvalue weighted by Gasteiger charge is -2.16. The SMILES string of the molecule is COc1nc(CNC(=O)c2cccs2)nc(N2CCCC2)n1. The number of nitrogens with one attached hydrogen (secondary N) is 1. The number of amides is 1. The van der Waals surface area contributed by atoms with Gasteiger partial charge in [-0.15, -0.1) is 11.3 Å². The summed E-state index contributed by atoms with van der Waals surface area (Å²) in [5.41, 5.74) is 0. The molecule has 22 heavy (non-hydrogen) atoms. The van der Waals surface area contributed by atoms with Gasteiger partial charge in [0, 0.05) is 13.1 Å². The summed E-state index contributed by atoms with van der Waals surface area (Å²) in [6, 6.07) is 3.90. The van der Waals surface area contributed by atoms with E-state index in [4.69, 9.17) is 4.74 Å². The summed E-state index contributed by atoms with van der Waals surface area (Å²) in [6.45, 7) is 2.12. The van der Waals surface area contributed by atoms with E-state index in [0.717, 1.165) is 25.9 Å². The van der Waals surface area contributed by atoms with Crippen molar-refractivity contribution in [3.8, 4) is 6.01 Å². The fourth-order valence-electron chi connectivity index (χ4n) is 2.27. The van der Waals surface area contributed by atoms with Crippen LogP contribution in [0, 0.1) is 0 Å². The highest BCUT2D eigenvalue weighted by Gasteiger charge is 2.18. The molecule has 2 aromatic heterocycles. The Balaban J connectivity index is 1.72. The van der Waals surface area contributed by atoms with Gasteiger partial charge in [0.15, 0.2) is 5.82 Å². The minimum absolute atomic E-state index is 0.128. The van der Waals surface area contributed by atoms with E-state index in [9.17, 15) is 4.79 Å². The van der Waals surface area contributed by atoms with Crippen molar-refractivity contribution in [3.63, 3.8) is 0 Å².